The molecule has 0 radical (unpaired) electrons. The molecule has 2 atom stereocenters. The molecule has 118 valence electrons. The van der Waals surface area contributed by atoms with Crippen LogP contribution in [0, 0.1) is 11.8 Å². The van der Waals surface area contributed by atoms with Crippen LogP contribution in [0.15, 0.2) is 60.7 Å². The number of carbonyl (C=O) groups is 2. The van der Waals surface area contributed by atoms with E-state index in [0.29, 0.717) is 0 Å². The second kappa shape index (κ2) is 6.86. The molecular weight excluding hydrogens is 331 g/mol. The van der Waals surface area contributed by atoms with Crippen molar-refractivity contribution in [2.24, 2.45) is 11.8 Å². The SMILES string of the molecule is O=C(Cl)C[C@H]1[C@H](c2ccccc2)[C@H](C(=O)Cl)[C@H]1c1ccccc1. The molecule has 0 aliphatic heterocycles. The zero-order valence-corrected chi connectivity index (χ0v) is 13.9. The summed E-state index contributed by atoms with van der Waals surface area (Å²) in [5.74, 6) is -0.497. The van der Waals surface area contributed by atoms with Gasteiger partial charge in [-0.2, -0.15) is 0 Å². The van der Waals surface area contributed by atoms with E-state index in [2.05, 4.69) is 0 Å². The van der Waals surface area contributed by atoms with Gasteiger partial charge in [0.1, 0.15) is 0 Å². The number of hydrogen-bond donors (Lipinski definition) is 0. The second-order valence-corrected chi connectivity index (χ2v) is 6.72. The van der Waals surface area contributed by atoms with E-state index < -0.39 is 0 Å². The maximum atomic E-state index is 12.1. The molecule has 4 heteroatoms. The molecule has 1 saturated carbocycles. The molecule has 0 unspecified atom stereocenters. The first kappa shape index (κ1) is 16.2. The van der Waals surface area contributed by atoms with Gasteiger partial charge in [0.05, 0.1) is 0 Å². The van der Waals surface area contributed by atoms with Gasteiger partial charge in [0, 0.05) is 12.3 Å². The van der Waals surface area contributed by atoms with Crippen molar-refractivity contribution in [1.29, 1.82) is 0 Å². The minimum Gasteiger partial charge on any atom is -0.281 e. The molecule has 0 heterocycles. The molecule has 2 nitrogen and oxygen atoms in total. The van der Waals surface area contributed by atoms with Crippen LogP contribution in [-0.2, 0) is 9.59 Å². The fraction of sp³-hybridized carbons (Fsp3) is 0.263. The van der Waals surface area contributed by atoms with Gasteiger partial charge in [-0.05, 0) is 52.1 Å². The Morgan fingerprint density at radius 2 is 1.22 bits per heavy atom. The van der Waals surface area contributed by atoms with Crippen molar-refractivity contribution in [2.45, 2.75) is 18.3 Å². The minimum absolute atomic E-state index is 0.0162. The third kappa shape index (κ3) is 3.19. The molecule has 2 aromatic rings. The van der Waals surface area contributed by atoms with Gasteiger partial charge in [0.25, 0.3) is 0 Å². The Kier molecular flexibility index (Phi) is 4.84. The Balaban J connectivity index is 2.01. The summed E-state index contributed by atoms with van der Waals surface area (Å²) in [6, 6.07) is 19.5. The number of hydrogen-bond acceptors (Lipinski definition) is 2. The summed E-state index contributed by atoms with van der Waals surface area (Å²) in [5, 5.41) is -0.733. The first-order valence-electron chi connectivity index (χ1n) is 7.57. The highest BCUT2D eigenvalue weighted by Crippen LogP contribution is 2.59. The van der Waals surface area contributed by atoms with Gasteiger partial charge in [0.2, 0.25) is 10.5 Å². The monoisotopic (exact) mass is 346 g/mol. The molecule has 2 aromatic carbocycles. The Hall–Kier alpha value is -1.64. The molecule has 1 aliphatic rings. The normalized spacial score (nSPS) is 26.3. The number of halogens is 2. The van der Waals surface area contributed by atoms with Gasteiger partial charge in [-0.3, -0.25) is 9.59 Å². The molecule has 0 aromatic heterocycles. The molecule has 23 heavy (non-hydrogen) atoms. The first-order chi connectivity index (χ1) is 11.1. The Bertz CT molecular complexity index is 652. The van der Waals surface area contributed by atoms with E-state index in [1.807, 2.05) is 60.7 Å². The predicted octanol–water partition coefficient (Wildman–Crippen LogP) is 4.72. The minimum atomic E-state index is -0.377. The van der Waals surface area contributed by atoms with Gasteiger partial charge in [-0.15, -0.1) is 0 Å². The Morgan fingerprint density at radius 1 is 0.783 bits per heavy atom. The lowest BCUT2D eigenvalue weighted by molar-refractivity contribution is -0.124. The van der Waals surface area contributed by atoms with Crippen molar-refractivity contribution >= 4 is 33.7 Å². The van der Waals surface area contributed by atoms with Crippen LogP contribution in [0.25, 0.3) is 0 Å². The smallest absolute Gasteiger partial charge is 0.225 e. The Labute approximate surface area is 145 Å². The van der Waals surface area contributed by atoms with Crippen molar-refractivity contribution in [3.05, 3.63) is 71.8 Å². The molecule has 1 fully saturated rings. The second-order valence-electron chi connectivity index (χ2n) is 5.93. The molecule has 0 spiro atoms. The third-order valence-corrected chi connectivity index (χ3v) is 5.13. The van der Waals surface area contributed by atoms with E-state index in [0.717, 1.165) is 11.1 Å². The quantitative estimate of drug-likeness (QED) is 0.734. The summed E-state index contributed by atoms with van der Waals surface area (Å²) < 4.78 is 0. The van der Waals surface area contributed by atoms with Gasteiger partial charge in [-0.25, -0.2) is 0 Å². The maximum absolute atomic E-state index is 12.1. The fourth-order valence-corrected chi connectivity index (χ4v) is 4.26. The molecule has 0 bridgehead atoms. The van der Waals surface area contributed by atoms with Crippen LogP contribution in [-0.4, -0.2) is 10.5 Å². The zero-order chi connectivity index (χ0) is 16.4. The summed E-state index contributed by atoms with van der Waals surface area (Å²) in [5.41, 5.74) is 2.06. The van der Waals surface area contributed by atoms with Crippen LogP contribution in [0.1, 0.15) is 29.4 Å². The lowest BCUT2D eigenvalue weighted by Crippen LogP contribution is -2.46. The average Bonchev–Trinajstić information content (AvgIpc) is 2.52. The van der Waals surface area contributed by atoms with Crippen LogP contribution >= 0.6 is 23.2 Å². The van der Waals surface area contributed by atoms with E-state index in [-0.39, 0.29) is 40.6 Å². The largest absolute Gasteiger partial charge is 0.281 e. The molecule has 3 rings (SSSR count). The first-order valence-corrected chi connectivity index (χ1v) is 8.32. The summed E-state index contributed by atoms with van der Waals surface area (Å²) >= 11 is 11.6. The van der Waals surface area contributed by atoms with E-state index in [1.165, 1.54) is 0 Å². The summed E-state index contributed by atoms with van der Waals surface area (Å²) in [4.78, 5) is 23.6. The predicted molar refractivity (Wildman–Crippen MR) is 91.7 cm³/mol. The van der Waals surface area contributed by atoms with Gasteiger partial charge >= 0.3 is 0 Å². The molecule has 0 amide bonds. The van der Waals surface area contributed by atoms with Crippen molar-refractivity contribution in [3.63, 3.8) is 0 Å². The summed E-state index contributed by atoms with van der Waals surface area (Å²) in [6.45, 7) is 0. The van der Waals surface area contributed by atoms with Crippen LogP contribution in [0.2, 0.25) is 0 Å². The van der Waals surface area contributed by atoms with Crippen LogP contribution in [0.3, 0.4) is 0 Å². The standard InChI is InChI=1S/C19H16Cl2O2/c20-15(22)11-14-16(12-7-3-1-4-8-12)18(19(21)23)17(14)13-9-5-2-6-10-13/h1-10,14,16-18H,11H2/t14-,16-,17-,18-/m0/s1. The summed E-state index contributed by atoms with van der Waals surface area (Å²) in [7, 11) is 0. The zero-order valence-electron chi connectivity index (χ0n) is 12.4. The molecule has 0 N–H and O–H groups in total. The van der Waals surface area contributed by atoms with Crippen molar-refractivity contribution in [1.82, 2.24) is 0 Å². The van der Waals surface area contributed by atoms with Crippen LogP contribution in [0.4, 0.5) is 0 Å². The van der Waals surface area contributed by atoms with E-state index in [4.69, 9.17) is 23.2 Å². The average molecular weight is 347 g/mol. The maximum Gasteiger partial charge on any atom is 0.225 e. The van der Waals surface area contributed by atoms with Gasteiger partial charge in [0.15, 0.2) is 0 Å². The third-order valence-electron chi connectivity index (χ3n) is 4.72. The van der Waals surface area contributed by atoms with Crippen molar-refractivity contribution < 1.29 is 9.59 Å². The lowest BCUT2D eigenvalue weighted by atomic mass is 9.52. The fourth-order valence-electron chi connectivity index (χ4n) is 3.82. The van der Waals surface area contributed by atoms with Crippen LogP contribution in [0.5, 0.6) is 0 Å². The Morgan fingerprint density at radius 3 is 1.57 bits per heavy atom. The van der Waals surface area contributed by atoms with Crippen molar-refractivity contribution in [3.8, 4) is 0 Å². The van der Waals surface area contributed by atoms with E-state index in [9.17, 15) is 9.59 Å². The molecule has 1 aliphatic carbocycles. The number of carbonyl (C=O) groups excluding carboxylic acids is 2. The van der Waals surface area contributed by atoms with Gasteiger partial charge < -0.3 is 0 Å². The molecular formula is C19H16Cl2O2. The van der Waals surface area contributed by atoms with Gasteiger partial charge in [-0.1, -0.05) is 60.7 Å². The highest BCUT2D eigenvalue weighted by atomic mass is 35.5. The lowest BCUT2D eigenvalue weighted by Gasteiger charge is -2.51. The highest BCUT2D eigenvalue weighted by Gasteiger charge is 2.54. The number of rotatable bonds is 5. The van der Waals surface area contributed by atoms with Crippen LogP contribution < -0.4 is 0 Å². The van der Waals surface area contributed by atoms with E-state index >= 15 is 0 Å². The van der Waals surface area contributed by atoms with E-state index in [1.54, 1.807) is 0 Å². The number of benzene rings is 2. The summed E-state index contributed by atoms with van der Waals surface area (Å²) in [6.07, 6.45) is 0.237. The van der Waals surface area contributed by atoms with Crippen molar-refractivity contribution in [2.75, 3.05) is 0 Å². The topological polar surface area (TPSA) is 34.1 Å². The highest BCUT2D eigenvalue weighted by molar-refractivity contribution is 6.64. The molecule has 0 saturated heterocycles.